The molecule has 0 rings (SSSR count). The van der Waals surface area contributed by atoms with Gasteiger partial charge in [-0.25, -0.2) is 0 Å². The number of hydrogen-bond acceptors (Lipinski definition) is 4. The Labute approximate surface area is 127 Å². The van der Waals surface area contributed by atoms with E-state index in [0.29, 0.717) is 12.8 Å². The van der Waals surface area contributed by atoms with Crippen molar-refractivity contribution >= 4 is 33.1 Å². The third kappa shape index (κ3) is 15.7. The van der Waals surface area contributed by atoms with E-state index in [2.05, 4.69) is 27.7 Å². The van der Waals surface area contributed by atoms with E-state index in [0.717, 1.165) is 7.87 Å². The Morgan fingerprint density at radius 2 is 1.47 bits per heavy atom. The molecule has 0 aromatic heterocycles. The average Bonchev–Trinajstić information content (AvgIpc) is 2.14. The Balaban J connectivity index is 0. The van der Waals surface area contributed by atoms with Crippen LogP contribution in [-0.4, -0.2) is 33.1 Å². The van der Waals surface area contributed by atoms with Gasteiger partial charge in [-0.1, -0.05) is 13.8 Å². The number of carboxylic acid groups (broad SMARTS) is 2. The summed E-state index contributed by atoms with van der Waals surface area (Å²) in [6.07, 6.45) is 0.503. The molecular formula is C14H26O4Sn. The number of aliphatic carboxylic acids is 2. The first kappa shape index (κ1) is 21.0. The molecule has 19 heavy (non-hydrogen) atoms. The van der Waals surface area contributed by atoms with Gasteiger partial charge in [-0.15, -0.1) is 0 Å². The number of carboxylic acids is 2. The molecule has 0 aliphatic carbocycles. The molecule has 0 aromatic rings. The zero-order valence-corrected chi connectivity index (χ0v) is 15.8. The number of carbonyl (C=O) groups excluding carboxylic acids is 2. The molecule has 0 aromatic carbocycles. The SMILES string of the molecule is CC(C)(CCCC(=O)[O-])C(=O)[O-].C[CH](C)[Sn+2][CH](C)C. The fourth-order valence-corrected chi connectivity index (χ4v) is 5.25. The second-order valence-corrected chi connectivity index (χ2v) is 13.4. The Morgan fingerprint density at radius 1 is 1.05 bits per heavy atom. The summed E-state index contributed by atoms with van der Waals surface area (Å²) < 4.78 is 2.09. The van der Waals surface area contributed by atoms with Gasteiger partial charge in [0.1, 0.15) is 0 Å². The summed E-state index contributed by atoms with van der Waals surface area (Å²) >= 11 is 0.0389. The van der Waals surface area contributed by atoms with Crippen LogP contribution in [0.3, 0.4) is 0 Å². The van der Waals surface area contributed by atoms with Gasteiger partial charge in [-0.3, -0.25) is 0 Å². The second kappa shape index (κ2) is 10.5. The van der Waals surface area contributed by atoms with Gasteiger partial charge in [0, 0.05) is 17.4 Å². The van der Waals surface area contributed by atoms with Crippen molar-refractivity contribution in [2.75, 3.05) is 0 Å². The minimum atomic E-state index is -1.15. The van der Waals surface area contributed by atoms with Crippen molar-refractivity contribution in [1.82, 2.24) is 0 Å². The zero-order valence-electron chi connectivity index (χ0n) is 12.9. The first-order valence-electron chi connectivity index (χ1n) is 6.66. The zero-order chi connectivity index (χ0) is 15.6. The molecule has 5 heteroatoms. The predicted octanol–water partition coefficient (Wildman–Crippen LogP) is 1.03. The molecule has 0 fully saturated rings. The Kier molecular flexibility index (Phi) is 11.6. The fraction of sp³-hybridized carbons (Fsp3) is 0.857. The molecule has 0 heterocycles. The van der Waals surface area contributed by atoms with Crippen LogP contribution in [0.1, 0.15) is 60.8 Å². The molecule has 0 unspecified atom stereocenters. The first-order valence-corrected chi connectivity index (χ1v) is 9.96. The van der Waals surface area contributed by atoms with Crippen LogP contribution in [0.5, 0.6) is 0 Å². The van der Waals surface area contributed by atoms with Crippen LogP contribution in [0, 0.1) is 5.41 Å². The van der Waals surface area contributed by atoms with Crippen molar-refractivity contribution in [2.45, 2.75) is 68.7 Å². The summed E-state index contributed by atoms with van der Waals surface area (Å²) in [6.45, 7) is 12.4. The second-order valence-electron chi connectivity index (χ2n) is 5.87. The van der Waals surface area contributed by atoms with E-state index in [1.165, 1.54) is 13.8 Å². The van der Waals surface area contributed by atoms with Gasteiger partial charge < -0.3 is 19.8 Å². The molecule has 0 saturated heterocycles. The molecule has 0 amide bonds. The summed E-state index contributed by atoms with van der Waals surface area (Å²) in [5.74, 6) is -2.30. The summed E-state index contributed by atoms with van der Waals surface area (Å²) in [5, 5.41) is 20.4. The third-order valence-corrected chi connectivity index (χ3v) is 6.21. The van der Waals surface area contributed by atoms with Crippen LogP contribution >= 0.6 is 0 Å². The van der Waals surface area contributed by atoms with Gasteiger partial charge in [-0.05, 0) is 19.3 Å². The van der Waals surface area contributed by atoms with E-state index in [1.54, 1.807) is 0 Å². The quantitative estimate of drug-likeness (QED) is 0.621. The standard InChI is InChI=1S/C8H14O4.2C3H7.Sn/c1-8(2,7(11)12)5-3-4-6(9)10;2*1-3-2;/h3-5H2,1-2H3,(H,9,10)(H,11,12);2*3H,1-2H3;/q;;;+2/p-2. The summed E-state index contributed by atoms with van der Waals surface area (Å²) in [6, 6.07) is 0. The van der Waals surface area contributed by atoms with E-state index in [-0.39, 0.29) is 27.6 Å². The Bertz CT molecular complexity index is 267. The van der Waals surface area contributed by atoms with E-state index in [1.807, 2.05) is 0 Å². The number of rotatable bonds is 7. The molecule has 0 atom stereocenters. The Hall–Kier alpha value is -0.261. The summed E-state index contributed by atoms with van der Waals surface area (Å²) in [5.41, 5.74) is -0.949. The first-order chi connectivity index (χ1) is 8.49. The topological polar surface area (TPSA) is 80.3 Å². The number of hydrogen-bond donors (Lipinski definition) is 0. The van der Waals surface area contributed by atoms with Crippen molar-refractivity contribution in [2.24, 2.45) is 5.41 Å². The molecule has 0 spiro atoms. The van der Waals surface area contributed by atoms with E-state index >= 15 is 0 Å². The van der Waals surface area contributed by atoms with Crippen molar-refractivity contribution in [3.63, 3.8) is 0 Å². The van der Waals surface area contributed by atoms with Crippen LogP contribution in [0.2, 0.25) is 7.87 Å². The molecule has 0 N–H and O–H groups in total. The van der Waals surface area contributed by atoms with Crippen LogP contribution in [0.25, 0.3) is 0 Å². The third-order valence-electron chi connectivity index (χ3n) is 2.40. The van der Waals surface area contributed by atoms with Gasteiger partial charge in [0.15, 0.2) is 0 Å². The molecule has 0 radical (unpaired) electrons. The molecule has 4 nitrogen and oxygen atoms in total. The maximum absolute atomic E-state index is 10.4. The Morgan fingerprint density at radius 3 is 1.68 bits per heavy atom. The predicted molar refractivity (Wildman–Crippen MR) is 73.6 cm³/mol. The van der Waals surface area contributed by atoms with E-state index < -0.39 is 17.4 Å². The summed E-state index contributed by atoms with van der Waals surface area (Å²) in [4.78, 5) is 20.4. The molecule has 0 aliphatic rings. The van der Waals surface area contributed by atoms with Crippen LogP contribution in [0.4, 0.5) is 0 Å². The van der Waals surface area contributed by atoms with Gasteiger partial charge in [0.25, 0.3) is 0 Å². The van der Waals surface area contributed by atoms with Gasteiger partial charge >= 0.3 is 56.7 Å². The van der Waals surface area contributed by atoms with E-state index in [4.69, 9.17) is 0 Å². The molecule has 0 saturated carbocycles. The average molecular weight is 377 g/mol. The van der Waals surface area contributed by atoms with Crippen molar-refractivity contribution < 1.29 is 19.8 Å². The summed E-state index contributed by atoms with van der Waals surface area (Å²) in [7, 11) is 0. The van der Waals surface area contributed by atoms with Gasteiger partial charge in [-0.2, -0.15) is 0 Å². The van der Waals surface area contributed by atoms with E-state index in [9.17, 15) is 19.8 Å². The van der Waals surface area contributed by atoms with Crippen molar-refractivity contribution in [3.8, 4) is 0 Å². The van der Waals surface area contributed by atoms with Crippen molar-refractivity contribution in [3.05, 3.63) is 0 Å². The maximum atomic E-state index is 10.4. The van der Waals surface area contributed by atoms with Gasteiger partial charge in [0.2, 0.25) is 0 Å². The molecule has 0 aliphatic heterocycles. The van der Waals surface area contributed by atoms with Crippen LogP contribution in [-0.2, 0) is 9.59 Å². The molecule has 0 bridgehead atoms. The van der Waals surface area contributed by atoms with Gasteiger partial charge in [0.05, 0.1) is 0 Å². The van der Waals surface area contributed by atoms with Crippen molar-refractivity contribution in [1.29, 1.82) is 0 Å². The monoisotopic (exact) mass is 378 g/mol. The van der Waals surface area contributed by atoms with Crippen LogP contribution < -0.4 is 10.2 Å². The molecular weight excluding hydrogens is 351 g/mol. The number of carbonyl (C=O) groups is 2. The fourth-order valence-electron chi connectivity index (χ4n) is 1.44. The molecule has 110 valence electrons. The minimum absolute atomic E-state index is 0.0389. The van der Waals surface area contributed by atoms with Crippen LogP contribution in [0.15, 0.2) is 0 Å². The normalized spacial score (nSPS) is 10.7.